The van der Waals surface area contributed by atoms with E-state index in [1.54, 1.807) is 13.8 Å². The minimum absolute atomic E-state index is 0.0430. The molecule has 3 rings (SSSR count). The summed E-state index contributed by atoms with van der Waals surface area (Å²) in [5.74, 6) is 0.300. The predicted molar refractivity (Wildman–Crippen MR) is 112 cm³/mol. The van der Waals surface area contributed by atoms with Gasteiger partial charge in [-0.1, -0.05) is 32.4 Å². The van der Waals surface area contributed by atoms with E-state index in [-0.39, 0.29) is 44.3 Å². The third kappa shape index (κ3) is 3.17. The average Bonchev–Trinajstić information content (AvgIpc) is 2.94. The first kappa shape index (κ1) is 21.6. The minimum atomic E-state index is -3.68. The summed E-state index contributed by atoms with van der Waals surface area (Å²) in [7, 11) is -2.15. The second-order valence-corrected chi connectivity index (χ2v) is 11.8. The van der Waals surface area contributed by atoms with Gasteiger partial charge in [0.05, 0.1) is 15.5 Å². The van der Waals surface area contributed by atoms with Gasteiger partial charge >= 0.3 is 0 Å². The molecule has 28 heavy (non-hydrogen) atoms. The van der Waals surface area contributed by atoms with Gasteiger partial charge in [0.25, 0.3) is 5.91 Å². The lowest BCUT2D eigenvalue weighted by atomic mass is 9.69. The van der Waals surface area contributed by atoms with Gasteiger partial charge in [0.2, 0.25) is 10.0 Å². The quantitative estimate of drug-likeness (QED) is 0.762. The average molecular weight is 427 g/mol. The van der Waals surface area contributed by atoms with E-state index >= 15 is 0 Å². The molecule has 0 radical (unpaired) electrons. The molecule has 1 aromatic rings. The zero-order valence-corrected chi connectivity index (χ0v) is 19.1. The maximum absolute atomic E-state index is 13.0. The summed E-state index contributed by atoms with van der Waals surface area (Å²) in [6.45, 7) is 10.4. The van der Waals surface area contributed by atoms with Crippen LogP contribution in [0, 0.1) is 16.7 Å². The van der Waals surface area contributed by atoms with Gasteiger partial charge in [-0.2, -0.15) is 4.31 Å². The highest BCUT2D eigenvalue weighted by atomic mass is 35.5. The molecular formula is C21H31ClN2O3S. The third-order valence-electron chi connectivity index (χ3n) is 7.69. The van der Waals surface area contributed by atoms with Crippen molar-refractivity contribution in [1.29, 1.82) is 0 Å². The van der Waals surface area contributed by atoms with Crippen molar-refractivity contribution < 1.29 is 13.2 Å². The summed E-state index contributed by atoms with van der Waals surface area (Å²) in [6.07, 6.45) is 3.25. The molecule has 0 saturated heterocycles. The molecule has 2 aliphatic rings. The van der Waals surface area contributed by atoms with Gasteiger partial charge < -0.3 is 5.32 Å². The lowest BCUT2D eigenvalue weighted by Crippen LogP contribution is -2.47. The minimum Gasteiger partial charge on any atom is -0.349 e. The number of hydrogen-bond donors (Lipinski definition) is 1. The molecule has 7 heteroatoms. The molecule has 1 amide bonds. The number of halogens is 1. The molecule has 3 unspecified atom stereocenters. The lowest BCUT2D eigenvalue weighted by Gasteiger charge is -2.39. The summed E-state index contributed by atoms with van der Waals surface area (Å²) < 4.78 is 26.9. The van der Waals surface area contributed by atoms with Crippen LogP contribution >= 0.6 is 11.6 Å². The van der Waals surface area contributed by atoms with Crippen molar-refractivity contribution in [3.63, 3.8) is 0 Å². The molecule has 1 aromatic carbocycles. The van der Waals surface area contributed by atoms with Crippen LogP contribution in [0.25, 0.3) is 0 Å². The third-order valence-corrected chi connectivity index (χ3v) is 10.0. The Bertz CT molecular complexity index is 897. The molecule has 2 fully saturated rings. The van der Waals surface area contributed by atoms with Gasteiger partial charge in [0, 0.05) is 19.1 Å². The maximum atomic E-state index is 13.0. The van der Waals surface area contributed by atoms with E-state index in [0.717, 1.165) is 12.8 Å². The fraction of sp³-hybridized carbons (Fsp3) is 0.667. The van der Waals surface area contributed by atoms with E-state index in [0.29, 0.717) is 5.92 Å². The Balaban J connectivity index is 1.88. The van der Waals surface area contributed by atoms with E-state index < -0.39 is 10.0 Å². The van der Waals surface area contributed by atoms with Gasteiger partial charge in [0.15, 0.2) is 0 Å². The van der Waals surface area contributed by atoms with E-state index in [1.165, 1.54) is 36.0 Å². The molecule has 1 N–H and O–H groups in total. The molecule has 2 saturated carbocycles. The highest BCUT2D eigenvalue weighted by Crippen LogP contribution is 2.65. The number of nitrogens with one attached hydrogen (secondary N) is 1. The van der Waals surface area contributed by atoms with E-state index in [2.05, 4.69) is 26.1 Å². The van der Waals surface area contributed by atoms with Crippen LogP contribution in [-0.4, -0.2) is 37.8 Å². The summed E-state index contributed by atoms with van der Waals surface area (Å²) in [5, 5.41) is 3.42. The first-order chi connectivity index (χ1) is 12.8. The fourth-order valence-electron chi connectivity index (χ4n) is 4.94. The van der Waals surface area contributed by atoms with Crippen molar-refractivity contribution in [3.05, 3.63) is 28.8 Å². The fourth-order valence-corrected chi connectivity index (χ4v) is 6.54. The van der Waals surface area contributed by atoms with Crippen molar-refractivity contribution >= 4 is 27.5 Å². The Morgan fingerprint density at radius 2 is 1.93 bits per heavy atom. The molecule has 0 aromatic heterocycles. The van der Waals surface area contributed by atoms with Crippen molar-refractivity contribution in [3.8, 4) is 0 Å². The van der Waals surface area contributed by atoms with Gasteiger partial charge in [-0.05, 0) is 68.1 Å². The number of nitrogens with zero attached hydrogens (tertiary/aromatic N) is 1. The highest BCUT2D eigenvalue weighted by Gasteiger charge is 2.61. The Morgan fingerprint density at radius 1 is 1.29 bits per heavy atom. The Morgan fingerprint density at radius 3 is 2.43 bits per heavy atom. The van der Waals surface area contributed by atoms with E-state index in [1.807, 2.05) is 0 Å². The summed E-state index contributed by atoms with van der Waals surface area (Å²) in [4.78, 5) is 13.1. The molecule has 0 spiro atoms. The summed E-state index contributed by atoms with van der Waals surface area (Å²) >= 11 is 6.27. The number of carbonyl (C=O) groups excluding carboxylic acids is 1. The SMILES string of the molecule is CC(C)N(C)S(=O)(=O)c1ccc(Cl)c(C(=O)NC2CC3CCC2(C)C3(C)C)c1. The number of fused-ring (bicyclic) bond motifs is 2. The first-order valence-corrected chi connectivity index (χ1v) is 11.7. The Hall–Kier alpha value is -1.11. The lowest BCUT2D eigenvalue weighted by molar-refractivity contribution is 0.0826. The molecule has 0 heterocycles. The van der Waals surface area contributed by atoms with Crippen molar-refractivity contribution in [1.82, 2.24) is 9.62 Å². The van der Waals surface area contributed by atoms with Crippen LogP contribution in [0.4, 0.5) is 0 Å². The second kappa shape index (κ2) is 6.99. The van der Waals surface area contributed by atoms with Crippen molar-refractivity contribution in [2.45, 2.75) is 70.9 Å². The Kier molecular flexibility index (Phi) is 5.39. The summed E-state index contributed by atoms with van der Waals surface area (Å²) in [6, 6.07) is 4.23. The molecule has 3 atom stereocenters. The zero-order valence-electron chi connectivity index (χ0n) is 17.5. The Labute approximate surface area is 173 Å². The van der Waals surface area contributed by atoms with Crippen LogP contribution in [0.15, 0.2) is 23.1 Å². The van der Waals surface area contributed by atoms with Gasteiger partial charge in [0.1, 0.15) is 0 Å². The van der Waals surface area contributed by atoms with Gasteiger partial charge in [-0.15, -0.1) is 0 Å². The maximum Gasteiger partial charge on any atom is 0.253 e. The number of benzene rings is 1. The van der Waals surface area contributed by atoms with Crippen LogP contribution in [0.1, 0.15) is 64.2 Å². The summed E-state index contributed by atoms with van der Waals surface area (Å²) in [5.41, 5.74) is 0.436. The number of sulfonamides is 1. The van der Waals surface area contributed by atoms with Gasteiger partial charge in [-0.25, -0.2) is 8.42 Å². The number of carbonyl (C=O) groups is 1. The van der Waals surface area contributed by atoms with Crippen LogP contribution in [0.3, 0.4) is 0 Å². The number of amides is 1. The largest absolute Gasteiger partial charge is 0.349 e. The van der Waals surface area contributed by atoms with Crippen molar-refractivity contribution in [2.24, 2.45) is 16.7 Å². The normalized spacial score (nSPS) is 28.9. The van der Waals surface area contributed by atoms with Crippen LogP contribution in [0.5, 0.6) is 0 Å². The topological polar surface area (TPSA) is 66.5 Å². The van der Waals surface area contributed by atoms with E-state index in [9.17, 15) is 13.2 Å². The monoisotopic (exact) mass is 426 g/mol. The molecule has 2 bridgehead atoms. The highest BCUT2D eigenvalue weighted by molar-refractivity contribution is 7.89. The molecule has 0 aliphatic heterocycles. The number of rotatable bonds is 5. The molecule has 156 valence electrons. The molecule has 5 nitrogen and oxygen atoms in total. The molecule has 2 aliphatic carbocycles. The zero-order chi connectivity index (χ0) is 21.1. The van der Waals surface area contributed by atoms with Crippen LogP contribution in [0.2, 0.25) is 5.02 Å². The van der Waals surface area contributed by atoms with Crippen LogP contribution in [-0.2, 0) is 10.0 Å². The predicted octanol–water partition coefficient (Wildman–Crippen LogP) is 4.31. The van der Waals surface area contributed by atoms with Crippen LogP contribution < -0.4 is 5.32 Å². The smallest absolute Gasteiger partial charge is 0.253 e. The number of hydrogen-bond acceptors (Lipinski definition) is 3. The first-order valence-electron chi connectivity index (χ1n) is 9.91. The van der Waals surface area contributed by atoms with Crippen molar-refractivity contribution in [2.75, 3.05) is 7.05 Å². The second-order valence-electron chi connectivity index (χ2n) is 9.39. The standard InChI is InChI=1S/C21H31ClN2O3S/c1-13(2)24(6)28(26,27)15-7-8-17(22)16(12-15)19(25)23-18-11-14-9-10-21(18,5)20(14,3)4/h7-8,12-14,18H,9-11H2,1-6H3,(H,23,25). The molecular weight excluding hydrogens is 396 g/mol. The van der Waals surface area contributed by atoms with Gasteiger partial charge in [-0.3, -0.25) is 4.79 Å². The van der Waals surface area contributed by atoms with E-state index in [4.69, 9.17) is 11.6 Å².